The summed E-state index contributed by atoms with van der Waals surface area (Å²) in [5.41, 5.74) is 3.01. The van der Waals surface area contributed by atoms with Crippen LogP contribution in [0, 0.1) is 12.8 Å². The van der Waals surface area contributed by atoms with E-state index in [0.717, 1.165) is 30.7 Å². The van der Waals surface area contributed by atoms with Gasteiger partial charge in [0.15, 0.2) is 5.82 Å². The molecule has 25 heavy (non-hydrogen) atoms. The maximum Gasteiger partial charge on any atom is 0.256 e. The predicted molar refractivity (Wildman–Crippen MR) is 98.6 cm³/mol. The molecule has 1 aromatic carbocycles. The molecule has 2 fully saturated rings. The molecule has 132 valence electrons. The number of hydrogen-bond acceptors (Lipinski definition) is 3. The lowest BCUT2D eigenvalue weighted by Crippen LogP contribution is -2.31. The molecule has 1 N–H and O–H groups in total. The van der Waals surface area contributed by atoms with Crippen molar-refractivity contribution >= 4 is 11.7 Å². The van der Waals surface area contributed by atoms with Gasteiger partial charge in [-0.2, -0.15) is 5.10 Å². The fourth-order valence-electron chi connectivity index (χ4n) is 4.30. The smallest absolute Gasteiger partial charge is 0.256 e. The standard InChI is InChI=1S/C20H26N4O/c1-3-24-14(2)10-19(22-24)21-20(25)17-7-4-15(5-8-17)12-23-13-16-6-9-18(23)11-16/h4-5,7-8,10,16,18H,3,6,9,11-13H2,1-2H3,(H,21,22,25). The summed E-state index contributed by atoms with van der Waals surface area (Å²) in [7, 11) is 0. The van der Waals surface area contributed by atoms with E-state index in [0.29, 0.717) is 11.4 Å². The van der Waals surface area contributed by atoms with Gasteiger partial charge in [-0.05, 0) is 56.7 Å². The van der Waals surface area contributed by atoms with E-state index < -0.39 is 0 Å². The third-order valence-electron chi connectivity index (χ3n) is 5.65. The van der Waals surface area contributed by atoms with E-state index >= 15 is 0 Å². The number of likely N-dealkylation sites (tertiary alicyclic amines) is 1. The summed E-state index contributed by atoms with van der Waals surface area (Å²) in [5, 5.41) is 7.27. The van der Waals surface area contributed by atoms with Crippen LogP contribution in [0.25, 0.3) is 0 Å². The van der Waals surface area contributed by atoms with Crippen LogP contribution in [-0.2, 0) is 13.1 Å². The van der Waals surface area contributed by atoms with Gasteiger partial charge in [-0.25, -0.2) is 0 Å². The molecule has 4 rings (SSSR count). The molecule has 2 atom stereocenters. The van der Waals surface area contributed by atoms with Crippen molar-refractivity contribution in [1.82, 2.24) is 14.7 Å². The molecular weight excluding hydrogens is 312 g/mol. The van der Waals surface area contributed by atoms with Crippen LogP contribution in [0.4, 0.5) is 5.82 Å². The molecule has 2 aromatic rings. The first-order chi connectivity index (χ1) is 12.1. The molecule has 2 bridgehead atoms. The van der Waals surface area contributed by atoms with Gasteiger partial charge >= 0.3 is 0 Å². The van der Waals surface area contributed by atoms with Crippen molar-refractivity contribution in [2.24, 2.45) is 5.92 Å². The van der Waals surface area contributed by atoms with E-state index in [1.165, 1.54) is 31.4 Å². The molecule has 2 aliphatic rings. The average molecular weight is 338 g/mol. The number of anilines is 1. The van der Waals surface area contributed by atoms with Gasteiger partial charge in [-0.3, -0.25) is 14.4 Å². The molecule has 5 nitrogen and oxygen atoms in total. The molecule has 0 spiro atoms. The zero-order valence-corrected chi connectivity index (χ0v) is 15.0. The summed E-state index contributed by atoms with van der Waals surface area (Å²) < 4.78 is 1.88. The highest BCUT2D eigenvalue weighted by Gasteiger charge is 2.37. The molecule has 2 heterocycles. The summed E-state index contributed by atoms with van der Waals surface area (Å²) in [6.45, 7) is 7.08. The number of carbonyl (C=O) groups excluding carboxylic acids is 1. The lowest BCUT2D eigenvalue weighted by Gasteiger charge is -2.26. The van der Waals surface area contributed by atoms with E-state index in [-0.39, 0.29) is 5.91 Å². The number of fused-ring (bicyclic) bond motifs is 2. The monoisotopic (exact) mass is 338 g/mol. The number of rotatable bonds is 5. The Bertz CT molecular complexity index is 765. The van der Waals surface area contributed by atoms with Crippen LogP contribution in [0.3, 0.4) is 0 Å². The minimum atomic E-state index is -0.104. The summed E-state index contributed by atoms with van der Waals surface area (Å²) in [6, 6.07) is 10.7. The Hall–Kier alpha value is -2.14. The highest BCUT2D eigenvalue weighted by atomic mass is 16.1. The second kappa shape index (κ2) is 6.64. The largest absolute Gasteiger partial charge is 0.305 e. The summed E-state index contributed by atoms with van der Waals surface area (Å²) in [5.74, 6) is 1.43. The van der Waals surface area contributed by atoms with Crippen LogP contribution in [-0.4, -0.2) is 33.2 Å². The Labute approximate surface area is 149 Å². The van der Waals surface area contributed by atoms with Crippen LogP contribution in [0.15, 0.2) is 30.3 Å². The molecule has 2 unspecified atom stereocenters. The SMILES string of the molecule is CCn1nc(NC(=O)c2ccc(CN3CC4CCC3C4)cc2)cc1C. The molecule has 5 heteroatoms. The maximum atomic E-state index is 12.4. The van der Waals surface area contributed by atoms with Crippen molar-refractivity contribution in [1.29, 1.82) is 0 Å². The number of aryl methyl sites for hydroxylation is 2. The molecule has 0 radical (unpaired) electrons. The van der Waals surface area contributed by atoms with Crippen molar-refractivity contribution in [3.8, 4) is 0 Å². The highest BCUT2D eigenvalue weighted by molar-refractivity contribution is 6.03. The molecular formula is C20H26N4O. The summed E-state index contributed by atoms with van der Waals surface area (Å²) in [6.07, 6.45) is 4.15. The van der Waals surface area contributed by atoms with Crippen LogP contribution >= 0.6 is 0 Å². The van der Waals surface area contributed by atoms with Gasteiger partial charge in [0.2, 0.25) is 0 Å². The van der Waals surface area contributed by atoms with Gasteiger partial charge < -0.3 is 5.32 Å². The molecule has 1 aliphatic heterocycles. The first-order valence-corrected chi connectivity index (χ1v) is 9.31. The third kappa shape index (κ3) is 3.33. The van der Waals surface area contributed by atoms with Crippen molar-refractivity contribution in [3.05, 3.63) is 47.2 Å². The number of benzene rings is 1. The summed E-state index contributed by atoms with van der Waals surface area (Å²) in [4.78, 5) is 15.0. The number of carbonyl (C=O) groups is 1. The van der Waals surface area contributed by atoms with E-state index in [1.807, 2.05) is 36.7 Å². The first-order valence-electron chi connectivity index (χ1n) is 9.31. The van der Waals surface area contributed by atoms with E-state index in [1.54, 1.807) is 0 Å². The van der Waals surface area contributed by atoms with Crippen molar-refractivity contribution in [2.75, 3.05) is 11.9 Å². The molecule has 1 aliphatic carbocycles. The van der Waals surface area contributed by atoms with Crippen LogP contribution in [0.1, 0.15) is 47.8 Å². The molecule has 1 saturated heterocycles. The Morgan fingerprint density at radius 2 is 2.08 bits per heavy atom. The maximum absolute atomic E-state index is 12.4. The van der Waals surface area contributed by atoms with Crippen molar-refractivity contribution < 1.29 is 4.79 Å². The number of piperidine rings is 1. The van der Waals surface area contributed by atoms with Gasteiger partial charge in [-0.1, -0.05) is 12.1 Å². The van der Waals surface area contributed by atoms with E-state index in [4.69, 9.17) is 0 Å². The molecule has 1 amide bonds. The number of amides is 1. The lowest BCUT2D eigenvalue weighted by molar-refractivity contribution is 0.102. The fourth-order valence-corrected chi connectivity index (χ4v) is 4.30. The van der Waals surface area contributed by atoms with Gasteiger partial charge in [0.1, 0.15) is 0 Å². The minimum Gasteiger partial charge on any atom is -0.305 e. The Morgan fingerprint density at radius 3 is 2.68 bits per heavy atom. The Kier molecular flexibility index (Phi) is 4.34. The first kappa shape index (κ1) is 16.3. The topological polar surface area (TPSA) is 50.2 Å². The number of nitrogens with one attached hydrogen (secondary N) is 1. The highest BCUT2D eigenvalue weighted by Crippen LogP contribution is 2.38. The normalized spacial score (nSPS) is 22.5. The summed E-state index contributed by atoms with van der Waals surface area (Å²) >= 11 is 0. The molecule has 1 aromatic heterocycles. The number of nitrogens with zero attached hydrogens (tertiary/aromatic N) is 3. The number of aromatic nitrogens is 2. The Morgan fingerprint density at radius 1 is 1.28 bits per heavy atom. The van der Waals surface area contributed by atoms with Crippen LogP contribution in [0.2, 0.25) is 0 Å². The van der Waals surface area contributed by atoms with Crippen LogP contribution < -0.4 is 5.32 Å². The van der Waals surface area contributed by atoms with Crippen molar-refractivity contribution in [2.45, 2.75) is 52.2 Å². The zero-order valence-electron chi connectivity index (χ0n) is 15.0. The van der Waals surface area contributed by atoms with Crippen LogP contribution in [0.5, 0.6) is 0 Å². The van der Waals surface area contributed by atoms with Gasteiger partial charge in [0.05, 0.1) is 0 Å². The Balaban J connectivity index is 1.38. The quantitative estimate of drug-likeness (QED) is 0.908. The fraction of sp³-hybridized carbons (Fsp3) is 0.500. The minimum absolute atomic E-state index is 0.104. The zero-order chi connectivity index (χ0) is 17.4. The van der Waals surface area contributed by atoms with E-state index in [9.17, 15) is 4.79 Å². The second-order valence-electron chi connectivity index (χ2n) is 7.40. The third-order valence-corrected chi connectivity index (χ3v) is 5.65. The van der Waals surface area contributed by atoms with Gasteiger partial charge in [0.25, 0.3) is 5.91 Å². The predicted octanol–water partition coefficient (Wildman–Crippen LogP) is 3.45. The second-order valence-corrected chi connectivity index (χ2v) is 7.40. The van der Waals surface area contributed by atoms with E-state index in [2.05, 4.69) is 27.4 Å². The van der Waals surface area contributed by atoms with Crippen molar-refractivity contribution in [3.63, 3.8) is 0 Å². The average Bonchev–Trinajstić information content (AvgIpc) is 3.31. The molecule has 1 saturated carbocycles. The number of hydrogen-bond donors (Lipinski definition) is 1. The van der Waals surface area contributed by atoms with Gasteiger partial charge in [0, 0.05) is 43.0 Å². The van der Waals surface area contributed by atoms with Gasteiger partial charge in [-0.15, -0.1) is 0 Å². The lowest BCUT2D eigenvalue weighted by atomic mass is 10.1.